The third kappa shape index (κ3) is 1.75. The van der Waals surface area contributed by atoms with E-state index >= 15 is 0 Å². The molecule has 0 fully saturated rings. The first-order valence-corrected chi connectivity index (χ1v) is 6.04. The molecule has 0 heterocycles. The van der Waals surface area contributed by atoms with E-state index in [0.29, 0.717) is 17.6 Å². The van der Waals surface area contributed by atoms with E-state index < -0.39 is 0 Å². The molecule has 0 aromatic heterocycles. The number of phenols is 1. The summed E-state index contributed by atoms with van der Waals surface area (Å²) in [5.74, 6) is 1.55. The van der Waals surface area contributed by atoms with Gasteiger partial charge in [0.2, 0.25) is 0 Å². The fourth-order valence-electron chi connectivity index (χ4n) is 2.55. The highest BCUT2D eigenvalue weighted by Gasteiger charge is 2.26. The van der Waals surface area contributed by atoms with Gasteiger partial charge in [-0.3, -0.25) is 0 Å². The first kappa shape index (κ1) is 11.3. The molecule has 1 aromatic rings. The number of allylic oxidation sites excluding steroid dienone is 2. The maximum atomic E-state index is 10.2. The SMILES string of the molecule is Cc1ccc2c(c1O)/C(=C/C(C)C)CC2C. The Kier molecular flexibility index (Phi) is 2.79. The van der Waals surface area contributed by atoms with E-state index in [4.69, 9.17) is 0 Å². The highest BCUT2D eigenvalue weighted by Crippen LogP contribution is 2.46. The third-order valence-electron chi connectivity index (χ3n) is 3.32. The Balaban J connectivity index is 2.59. The van der Waals surface area contributed by atoms with Crippen LogP contribution >= 0.6 is 0 Å². The van der Waals surface area contributed by atoms with Crippen LogP contribution in [0.1, 0.15) is 49.8 Å². The van der Waals surface area contributed by atoms with Crippen molar-refractivity contribution in [1.29, 1.82) is 0 Å². The van der Waals surface area contributed by atoms with Crippen molar-refractivity contribution in [3.05, 3.63) is 34.9 Å². The zero-order valence-electron chi connectivity index (χ0n) is 10.5. The first-order valence-electron chi connectivity index (χ1n) is 6.04. The number of rotatable bonds is 1. The van der Waals surface area contributed by atoms with Gasteiger partial charge < -0.3 is 5.11 Å². The Bertz CT molecular complexity index is 441. The molecule has 1 aliphatic rings. The quantitative estimate of drug-likeness (QED) is 0.744. The van der Waals surface area contributed by atoms with Gasteiger partial charge in [-0.1, -0.05) is 39.0 Å². The Hall–Kier alpha value is -1.24. The molecule has 1 aliphatic carbocycles. The highest BCUT2D eigenvalue weighted by atomic mass is 16.3. The third-order valence-corrected chi connectivity index (χ3v) is 3.32. The van der Waals surface area contributed by atoms with Gasteiger partial charge in [-0.25, -0.2) is 0 Å². The minimum Gasteiger partial charge on any atom is -0.507 e. The van der Waals surface area contributed by atoms with Gasteiger partial charge in [-0.2, -0.15) is 0 Å². The number of phenolic OH excluding ortho intramolecular Hbond substituents is 1. The molecule has 1 aromatic carbocycles. The molecule has 2 rings (SSSR count). The minimum atomic E-state index is 0.480. The number of aromatic hydroxyl groups is 1. The molecule has 0 saturated heterocycles. The molecule has 1 N–H and O–H groups in total. The lowest BCUT2D eigenvalue weighted by Crippen LogP contribution is -1.88. The molecule has 0 aliphatic heterocycles. The molecule has 0 radical (unpaired) electrons. The zero-order chi connectivity index (χ0) is 11.9. The number of fused-ring (bicyclic) bond motifs is 1. The van der Waals surface area contributed by atoms with Crippen LogP contribution < -0.4 is 0 Å². The van der Waals surface area contributed by atoms with E-state index in [2.05, 4.69) is 32.9 Å². The van der Waals surface area contributed by atoms with Crippen molar-refractivity contribution in [3.63, 3.8) is 0 Å². The molecule has 0 bridgehead atoms. The zero-order valence-corrected chi connectivity index (χ0v) is 10.5. The van der Waals surface area contributed by atoms with Crippen molar-refractivity contribution in [2.75, 3.05) is 0 Å². The Labute approximate surface area is 97.8 Å². The van der Waals surface area contributed by atoms with Crippen LogP contribution in [-0.4, -0.2) is 5.11 Å². The van der Waals surface area contributed by atoms with Gasteiger partial charge in [0.1, 0.15) is 5.75 Å². The predicted octanol–water partition coefficient (Wildman–Crippen LogP) is 4.25. The van der Waals surface area contributed by atoms with E-state index in [0.717, 1.165) is 17.5 Å². The van der Waals surface area contributed by atoms with Crippen molar-refractivity contribution in [3.8, 4) is 5.75 Å². The summed E-state index contributed by atoms with van der Waals surface area (Å²) >= 11 is 0. The highest BCUT2D eigenvalue weighted by molar-refractivity contribution is 5.79. The van der Waals surface area contributed by atoms with Gasteiger partial charge in [0.25, 0.3) is 0 Å². The van der Waals surface area contributed by atoms with Crippen LogP contribution in [0, 0.1) is 12.8 Å². The first-order chi connectivity index (χ1) is 7.50. The maximum absolute atomic E-state index is 10.2. The largest absolute Gasteiger partial charge is 0.507 e. The number of benzene rings is 1. The second-order valence-electron chi connectivity index (χ2n) is 5.24. The van der Waals surface area contributed by atoms with Crippen molar-refractivity contribution in [2.24, 2.45) is 5.92 Å². The van der Waals surface area contributed by atoms with E-state index in [1.807, 2.05) is 13.0 Å². The lowest BCUT2D eigenvalue weighted by Gasteiger charge is -2.09. The van der Waals surface area contributed by atoms with E-state index in [1.54, 1.807) is 0 Å². The normalized spacial score (nSPS) is 21.8. The standard InChI is InChI=1S/C15H20O/c1-9(2)7-12-8-11(4)13-6-5-10(3)15(16)14(12)13/h5-7,9,11,16H,8H2,1-4H3/b12-7+. The van der Waals surface area contributed by atoms with Gasteiger partial charge in [0.05, 0.1) is 0 Å². The van der Waals surface area contributed by atoms with Crippen LogP contribution in [0.15, 0.2) is 18.2 Å². The van der Waals surface area contributed by atoms with Crippen LogP contribution in [0.2, 0.25) is 0 Å². The van der Waals surface area contributed by atoms with Crippen molar-refractivity contribution < 1.29 is 5.11 Å². The van der Waals surface area contributed by atoms with Crippen LogP contribution in [0.4, 0.5) is 0 Å². The minimum absolute atomic E-state index is 0.480. The van der Waals surface area contributed by atoms with Gasteiger partial charge in [-0.05, 0) is 41.9 Å². The predicted molar refractivity (Wildman–Crippen MR) is 68.7 cm³/mol. The van der Waals surface area contributed by atoms with E-state index in [-0.39, 0.29) is 0 Å². The van der Waals surface area contributed by atoms with Crippen LogP contribution in [0.3, 0.4) is 0 Å². The topological polar surface area (TPSA) is 20.2 Å². The molecule has 1 nitrogen and oxygen atoms in total. The van der Waals surface area contributed by atoms with Crippen LogP contribution in [0.5, 0.6) is 5.75 Å². The second kappa shape index (κ2) is 3.97. The van der Waals surface area contributed by atoms with E-state index in [9.17, 15) is 5.11 Å². The summed E-state index contributed by atoms with van der Waals surface area (Å²) in [6, 6.07) is 4.18. The molecule has 0 saturated carbocycles. The lowest BCUT2D eigenvalue weighted by atomic mass is 9.99. The number of aryl methyl sites for hydroxylation is 1. The van der Waals surface area contributed by atoms with E-state index in [1.165, 1.54) is 11.1 Å². The summed E-state index contributed by atoms with van der Waals surface area (Å²) in [7, 11) is 0. The fraction of sp³-hybridized carbons (Fsp3) is 0.467. The smallest absolute Gasteiger partial charge is 0.126 e. The molecular formula is C15H20O. The summed E-state index contributed by atoms with van der Waals surface area (Å²) in [5.41, 5.74) is 4.69. The van der Waals surface area contributed by atoms with Gasteiger partial charge in [0.15, 0.2) is 0 Å². The van der Waals surface area contributed by atoms with Crippen LogP contribution in [0.25, 0.3) is 5.57 Å². The maximum Gasteiger partial charge on any atom is 0.126 e. The molecular weight excluding hydrogens is 196 g/mol. The molecule has 1 heteroatoms. The molecule has 1 unspecified atom stereocenters. The second-order valence-corrected chi connectivity index (χ2v) is 5.24. The average Bonchev–Trinajstić information content (AvgIpc) is 2.49. The summed E-state index contributed by atoms with van der Waals surface area (Å²) in [6.07, 6.45) is 3.34. The molecule has 0 amide bonds. The van der Waals surface area contributed by atoms with Crippen molar-refractivity contribution in [1.82, 2.24) is 0 Å². The van der Waals surface area contributed by atoms with Crippen molar-refractivity contribution >= 4 is 5.57 Å². The number of hydrogen-bond acceptors (Lipinski definition) is 1. The summed E-state index contributed by atoms with van der Waals surface area (Å²) in [6.45, 7) is 8.56. The average molecular weight is 216 g/mol. The Morgan fingerprint density at radius 3 is 2.69 bits per heavy atom. The fourth-order valence-corrected chi connectivity index (χ4v) is 2.55. The summed E-state index contributed by atoms with van der Waals surface area (Å²) < 4.78 is 0. The molecule has 1 atom stereocenters. The molecule has 16 heavy (non-hydrogen) atoms. The van der Waals surface area contributed by atoms with Crippen molar-refractivity contribution in [2.45, 2.75) is 40.0 Å². The van der Waals surface area contributed by atoms with Crippen LogP contribution in [-0.2, 0) is 0 Å². The monoisotopic (exact) mass is 216 g/mol. The van der Waals surface area contributed by atoms with Gasteiger partial charge >= 0.3 is 0 Å². The van der Waals surface area contributed by atoms with Gasteiger partial charge in [0, 0.05) is 5.56 Å². The Morgan fingerprint density at radius 2 is 2.06 bits per heavy atom. The lowest BCUT2D eigenvalue weighted by molar-refractivity contribution is 0.469. The summed E-state index contributed by atoms with van der Waals surface area (Å²) in [4.78, 5) is 0. The molecule has 0 spiro atoms. The molecule has 86 valence electrons. The summed E-state index contributed by atoms with van der Waals surface area (Å²) in [5, 5.41) is 10.2. The Morgan fingerprint density at radius 1 is 1.38 bits per heavy atom. The van der Waals surface area contributed by atoms with Gasteiger partial charge in [-0.15, -0.1) is 0 Å². The number of hydrogen-bond donors (Lipinski definition) is 1.